The van der Waals surface area contributed by atoms with Crippen molar-refractivity contribution in [1.29, 1.82) is 0 Å². The number of hydrogen-bond donors (Lipinski definition) is 2. The van der Waals surface area contributed by atoms with Crippen LogP contribution in [0.3, 0.4) is 0 Å². The van der Waals surface area contributed by atoms with Crippen LogP contribution in [0.5, 0.6) is 5.75 Å². The van der Waals surface area contributed by atoms with Crippen LogP contribution in [0.15, 0.2) is 127 Å². The summed E-state index contributed by atoms with van der Waals surface area (Å²) in [5, 5.41) is 7.10. The molecule has 0 bridgehead atoms. The van der Waals surface area contributed by atoms with Gasteiger partial charge in [0.05, 0.1) is 24.6 Å². The van der Waals surface area contributed by atoms with E-state index in [-0.39, 0.29) is 31.0 Å². The van der Waals surface area contributed by atoms with Crippen LogP contribution in [-0.4, -0.2) is 54.6 Å². The summed E-state index contributed by atoms with van der Waals surface area (Å²) in [4.78, 5) is 23.5. The number of carbonyl (C=O) groups excluding carboxylic acids is 1. The van der Waals surface area contributed by atoms with Crippen LogP contribution in [0.25, 0.3) is 33.6 Å². The molecule has 0 spiro atoms. The second kappa shape index (κ2) is 16.0. The summed E-state index contributed by atoms with van der Waals surface area (Å²) in [6.45, 7) is 5.43. The highest BCUT2D eigenvalue weighted by Gasteiger charge is 2.24. The highest BCUT2D eigenvalue weighted by atomic mass is 19.1. The SMILES string of the molecule is C=CC(=O)Nc1cccc(-c2c(-c3ccc(OCCN(C)C)cc3)oc3ncnc(N[C@H](COCc4cccc(F)c4)c4ccccc4)c23)c1. The summed E-state index contributed by atoms with van der Waals surface area (Å²) in [7, 11) is 4.00. The van der Waals surface area contributed by atoms with Gasteiger partial charge in [0.25, 0.3) is 0 Å². The second-order valence-corrected chi connectivity index (χ2v) is 11.9. The van der Waals surface area contributed by atoms with Gasteiger partial charge in [-0.1, -0.05) is 61.2 Å². The number of nitrogens with zero attached hydrogens (tertiary/aromatic N) is 3. The quantitative estimate of drug-likeness (QED) is 0.106. The van der Waals surface area contributed by atoms with E-state index in [4.69, 9.17) is 18.9 Å². The Labute approximate surface area is 290 Å². The molecule has 0 aliphatic rings. The normalized spacial score (nSPS) is 11.8. The number of hydrogen-bond acceptors (Lipinski definition) is 8. The van der Waals surface area contributed by atoms with Gasteiger partial charge >= 0.3 is 0 Å². The average molecular weight is 672 g/mol. The van der Waals surface area contributed by atoms with Crippen molar-refractivity contribution in [3.63, 3.8) is 0 Å². The molecule has 0 saturated carbocycles. The summed E-state index contributed by atoms with van der Waals surface area (Å²) in [5.41, 5.74) is 5.02. The van der Waals surface area contributed by atoms with Gasteiger partial charge in [0.2, 0.25) is 11.6 Å². The fraction of sp³-hybridized carbons (Fsp3) is 0.175. The highest BCUT2D eigenvalue weighted by molar-refractivity contribution is 6.07. The Hall–Kier alpha value is -5.84. The van der Waals surface area contributed by atoms with E-state index in [1.165, 1.54) is 24.5 Å². The molecule has 6 aromatic rings. The summed E-state index contributed by atoms with van der Waals surface area (Å²) < 4.78 is 32.4. The molecule has 0 aliphatic carbocycles. The Morgan fingerprint density at radius 1 is 0.960 bits per heavy atom. The van der Waals surface area contributed by atoms with E-state index in [0.29, 0.717) is 35.0 Å². The van der Waals surface area contributed by atoms with E-state index in [0.717, 1.165) is 40.1 Å². The lowest BCUT2D eigenvalue weighted by atomic mass is 9.98. The van der Waals surface area contributed by atoms with Crippen molar-refractivity contribution in [2.75, 3.05) is 44.5 Å². The Bertz CT molecular complexity index is 2060. The number of benzene rings is 4. The average Bonchev–Trinajstić information content (AvgIpc) is 3.52. The largest absolute Gasteiger partial charge is 0.492 e. The van der Waals surface area contributed by atoms with Gasteiger partial charge in [-0.05, 0) is 85.4 Å². The first kappa shape index (κ1) is 34.0. The molecule has 1 atom stereocenters. The number of amides is 1. The standard InChI is InChI=1S/C40H38FN5O4/c1-4-35(47)44-32-15-9-13-30(23-32)36-37-39(45-34(28-11-6-5-7-12-28)25-48-24-27-10-8-14-31(41)22-27)42-26-43-40(37)50-38(36)29-16-18-33(19-17-29)49-21-20-46(2)3/h4-19,22-23,26,34H,1,20-21,24-25H2,2-3H3,(H,44,47)(H,42,43,45)/t34-/m1/s1. The number of nitrogens with one attached hydrogen (secondary N) is 2. The number of anilines is 2. The minimum atomic E-state index is -0.328. The van der Waals surface area contributed by atoms with Gasteiger partial charge in [0.1, 0.15) is 36.1 Å². The molecule has 9 nitrogen and oxygen atoms in total. The molecule has 10 heteroatoms. The summed E-state index contributed by atoms with van der Waals surface area (Å²) in [6, 6.07) is 31.2. The molecule has 0 aliphatic heterocycles. The lowest BCUT2D eigenvalue weighted by Gasteiger charge is -2.21. The van der Waals surface area contributed by atoms with Crippen LogP contribution in [0.4, 0.5) is 15.9 Å². The summed E-state index contributed by atoms with van der Waals surface area (Å²) in [6.07, 6.45) is 2.68. The van der Waals surface area contributed by atoms with Gasteiger partial charge in [-0.3, -0.25) is 4.79 Å². The van der Waals surface area contributed by atoms with Crippen LogP contribution >= 0.6 is 0 Å². The first-order valence-corrected chi connectivity index (χ1v) is 16.2. The molecule has 4 aromatic carbocycles. The van der Waals surface area contributed by atoms with Crippen molar-refractivity contribution in [2.24, 2.45) is 0 Å². The summed E-state index contributed by atoms with van der Waals surface area (Å²) in [5.74, 6) is 1.23. The Morgan fingerprint density at radius 3 is 2.52 bits per heavy atom. The smallest absolute Gasteiger partial charge is 0.247 e. The van der Waals surface area contributed by atoms with Gasteiger partial charge in [0.15, 0.2) is 0 Å². The number of likely N-dealkylation sites (N-methyl/N-ethyl adjacent to an activating group) is 1. The number of fused-ring (bicyclic) bond motifs is 1. The van der Waals surface area contributed by atoms with Crippen molar-refractivity contribution in [3.05, 3.63) is 139 Å². The third-order valence-electron chi connectivity index (χ3n) is 7.97. The predicted octanol–water partition coefficient (Wildman–Crippen LogP) is 8.13. The van der Waals surface area contributed by atoms with E-state index < -0.39 is 0 Å². The monoisotopic (exact) mass is 671 g/mol. The van der Waals surface area contributed by atoms with Crippen LogP contribution in [0.2, 0.25) is 0 Å². The lowest BCUT2D eigenvalue weighted by molar-refractivity contribution is -0.111. The molecule has 6 rings (SSSR count). The number of aromatic nitrogens is 2. The minimum absolute atomic E-state index is 0.237. The molecule has 1 amide bonds. The zero-order valence-electron chi connectivity index (χ0n) is 27.9. The Morgan fingerprint density at radius 2 is 1.76 bits per heavy atom. The van der Waals surface area contributed by atoms with Crippen LogP contribution in [0, 0.1) is 5.82 Å². The molecule has 2 aromatic heterocycles. The number of carbonyl (C=O) groups is 1. The van der Waals surface area contributed by atoms with Gasteiger partial charge < -0.3 is 29.4 Å². The zero-order valence-corrected chi connectivity index (χ0v) is 27.9. The number of rotatable bonds is 15. The van der Waals surface area contributed by atoms with Crippen molar-refractivity contribution in [3.8, 4) is 28.2 Å². The fourth-order valence-corrected chi connectivity index (χ4v) is 5.51. The molecule has 2 heterocycles. The summed E-state index contributed by atoms with van der Waals surface area (Å²) >= 11 is 0. The molecular weight excluding hydrogens is 633 g/mol. The van der Waals surface area contributed by atoms with Gasteiger partial charge in [-0.2, -0.15) is 0 Å². The van der Waals surface area contributed by atoms with E-state index >= 15 is 0 Å². The van der Waals surface area contributed by atoms with Crippen molar-refractivity contribution in [2.45, 2.75) is 12.6 Å². The molecule has 0 saturated heterocycles. The van der Waals surface area contributed by atoms with Crippen molar-refractivity contribution < 1.29 is 23.1 Å². The maximum absolute atomic E-state index is 13.8. The van der Waals surface area contributed by atoms with Crippen molar-refractivity contribution >= 4 is 28.5 Å². The first-order valence-electron chi connectivity index (χ1n) is 16.2. The first-order chi connectivity index (χ1) is 24.4. The van der Waals surface area contributed by atoms with E-state index in [1.54, 1.807) is 6.07 Å². The van der Waals surface area contributed by atoms with E-state index in [1.807, 2.05) is 99.0 Å². The fourth-order valence-electron chi connectivity index (χ4n) is 5.51. The Balaban J connectivity index is 1.40. The molecule has 50 heavy (non-hydrogen) atoms. The van der Waals surface area contributed by atoms with Gasteiger partial charge in [-0.25, -0.2) is 14.4 Å². The number of ether oxygens (including phenoxy) is 2. The predicted molar refractivity (Wildman–Crippen MR) is 194 cm³/mol. The number of halogens is 1. The molecule has 0 fully saturated rings. The third kappa shape index (κ3) is 8.41. The minimum Gasteiger partial charge on any atom is -0.492 e. The van der Waals surface area contributed by atoms with E-state index in [9.17, 15) is 9.18 Å². The molecule has 2 N–H and O–H groups in total. The molecule has 0 unspecified atom stereocenters. The van der Waals surface area contributed by atoms with Gasteiger partial charge in [-0.15, -0.1) is 0 Å². The zero-order chi connectivity index (χ0) is 34.9. The van der Waals surface area contributed by atoms with Crippen LogP contribution in [-0.2, 0) is 16.1 Å². The van der Waals surface area contributed by atoms with Gasteiger partial charge in [0, 0.05) is 23.4 Å². The third-order valence-corrected chi connectivity index (χ3v) is 7.97. The maximum Gasteiger partial charge on any atom is 0.247 e. The molecule has 0 radical (unpaired) electrons. The van der Waals surface area contributed by atoms with Crippen LogP contribution in [0.1, 0.15) is 17.2 Å². The topological polar surface area (TPSA) is 102 Å². The van der Waals surface area contributed by atoms with E-state index in [2.05, 4.69) is 27.1 Å². The second-order valence-electron chi connectivity index (χ2n) is 11.9. The highest BCUT2D eigenvalue weighted by Crippen LogP contribution is 2.44. The number of furan rings is 1. The molecule has 254 valence electrons. The lowest BCUT2D eigenvalue weighted by Crippen LogP contribution is -2.19. The van der Waals surface area contributed by atoms with Crippen LogP contribution < -0.4 is 15.4 Å². The van der Waals surface area contributed by atoms with Crippen molar-refractivity contribution in [1.82, 2.24) is 14.9 Å². The Kier molecular flexibility index (Phi) is 10.9. The maximum atomic E-state index is 13.8. The molecular formula is C40H38FN5O4.